The largest absolute Gasteiger partial charge is 0.463 e. The van der Waals surface area contributed by atoms with E-state index in [-0.39, 0.29) is 12.3 Å². The SMILES string of the molecule is CC(=O)OC[C@H]1O[C@@H](n2cnc3c2N2CC=NC2NC3=O)[C@H](OC(C)=O)[C@@H]1OC(C)=O. The summed E-state index contributed by atoms with van der Waals surface area (Å²) in [5.41, 5.74) is 0.152. The van der Waals surface area contributed by atoms with Crippen molar-refractivity contribution in [2.45, 2.75) is 51.6 Å². The number of aromatic nitrogens is 2. The lowest BCUT2D eigenvalue weighted by Gasteiger charge is -2.32. The Kier molecular flexibility index (Phi) is 5.35. The summed E-state index contributed by atoms with van der Waals surface area (Å²) in [5, 5.41) is 2.72. The van der Waals surface area contributed by atoms with E-state index in [2.05, 4.69) is 15.3 Å². The molecule has 0 bridgehead atoms. The monoisotopic (exact) mass is 435 g/mol. The highest BCUT2D eigenvalue weighted by atomic mass is 16.7. The second kappa shape index (κ2) is 7.98. The molecular weight excluding hydrogens is 414 g/mol. The molecule has 0 spiro atoms. The quantitative estimate of drug-likeness (QED) is 0.456. The Morgan fingerprint density at radius 2 is 1.87 bits per heavy atom. The van der Waals surface area contributed by atoms with Gasteiger partial charge in [0.15, 0.2) is 30.4 Å². The molecule has 4 heterocycles. The molecule has 0 aliphatic carbocycles. The standard InChI is InChI=1S/C18H21N5O8/c1-8(24)28-6-11-13(29-9(2)25)14(30-10(3)26)17(31-11)23-7-20-12-15(27)21-18-19-4-5-22(18)16(12)23/h4,7,11,13-14,17-18H,5-6H2,1-3H3,(H,21,27)/t11-,13-,14-,17-,18?/m1/s1. The number of imidazole rings is 1. The van der Waals surface area contributed by atoms with Crippen LogP contribution in [0.3, 0.4) is 0 Å². The van der Waals surface area contributed by atoms with E-state index in [0.717, 1.165) is 0 Å². The summed E-state index contributed by atoms with van der Waals surface area (Å²) in [6.07, 6.45) is -1.60. The molecule has 1 unspecified atom stereocenters. The van der Waals surface area contributed by atoms with E-state index in [1.165, 1.54) is 31.7 Å². The van der Waals surface area contributed by atoms with Gasteiger partial charge in [-0.2, -0.15) is 0 Å². The number of hydrogen-bond donors (Lipinski definition) is 1. The van der Waals surface area contributed by atoms with Gasteiger partial charge in [0, 0.05) is 27.0 Å². The molecule has 5 atom stereocenters. The molecular formula is C18H21N5O8. The molecule has 4 rings (SSSR count). The number of hydrogen-bond acceptors (Lipinski definition) is 11. The number of anilines is 1. The molecule has 0 saturated carbocycles. The zero-order chi connectivity index (χ0) is 22.3. The van der Waals surface area contributed by atoms with Crippen LogP contribution >= 0.6 is 0 Å². The summed E-state index contributed by atoms with van der Waals surface area (Å²) < 4.78 is 23.4. The van der Waals surface area contributed by atoms with E-state index in [4.69, 9.17) is 18.9 Å². The van der Waals surface area contributed by atoms with Crippen molar-refractivity contribution in [2.75, 3.05) is 18.1 Å². The van der Waals surface area contributed by atoms with Crippen molar-refractivity contribution < 1.29 is 38.1 Å². The Balaban J connectivity index is 1.72. The van der Waals surface area contributed by atoms with Crippen LogP contribution in [-0.4, -0.2) is 77.3 Å². The van der Waals surface area contributed by atoms with Crippen molar-refractivity contribution in [2.24, 2.45) is 4.99 Å². The number of rotatable bonds is 5. The maximum absolute atomic E-state index is 12.4. The number of amides is 1. The second-order valence-corrected chi connectivity index (χ2v) is 7.17. The van der Waals surface area contributed by atoms with Gasteiger partial charge < -0.3 is 29.2 Å². The molecule has 13 heteroatoms. The lowest BCUT2D eigenvalue weighted by Crippen LogP contribution is -2.50. The van der Waals surface area contributed by atoms with Gasteiger partial charge in [-0.05, 0) is 0 Å². The average molecular weight is 435 g/mol. The van der Waals surface area contributed by atoms with Gasteiger partial charge in [-0.1, -0.05) is 0 Å². The number of ether oxygens (including phenoxy) is 4. The van der Waals surface area contributed by atoms with E-state index in [0.29, 0.717) is 12.4 Å². The molecule has 1 saturated heterocycles. The molecule has 1 aromatic rings. The minimum absolute atomic E-state index is 0.152. The van der Waals surface area contributed by atoms with Crippen LogP contribution < -0.4 is 10.2 Å². The molecule has 1 amide bonds. The van der Waals surface area contributed by atoms with Crippen LogP contribution in [0.5, 0.6) is 0 Å². The average Bonchev–Trinajstić information content (AvgIpc) is 3.37. The molecule has 13 nitrogen and oxygen atoms in total. The van der Waals surface area contributed by atoms with Crippen LogP contribution in [0.15, 0.2) is 11.3 Å². The van der Waals surface area contributed by atoms with Crippen molar-refractivity contribution in [1.82, 2.24) is 14.9 Å². The molecule has 31 heavy (non-hydrogen) atoms. The van der Waals surface area contributed by atoms with Gasteiger partial charge in [0.05, 0.1) is 12.9 Å². The van der Waals surface area contributed by atoms with E-state index in [1.807, 2.05) is 0 Å². The van der Waals surface area contributed by atoms with Crippen molar-refractivity contribution in [1.29, 1.82) is 0 Å². The van der Waals surface area contributed by atoms with Crippen LogP contribution in [0.1, 0.15) is 37.5 Å². The molecule has 1 aromatic heterocycles. The predicted molar refractivity (Wildman–Crippen MR) is 101 cm³/mol. The van der Waals surface area contributed by atoms with E-state index in [1.54, 1.807) is 11.1 Å². The van der Waals surface area contributed by atoms with Crippen molar-refractivity contribution in [3.8, 4) is 0 Å². The lowest BCUT2D eigenvalue weighted by atomic mass is 10.1. The first-order valence-electron chi connectivity index (χ1n) is 9.55. The highest BCUT2D eigenvalue weighted by Gasteiger charge is 2.52. The summed E-state index contributed by atoms with van der Waals surface area (Å²) in [6.45, 7) is 3.83. The Morgan fingerprint density at radius 1 is 1.16 bits per heavy atom. The van der Waals surface area contributed by atoms with Gasteiger partial charge in [-0.3, -0.25) is 28.7 Å². The Bertz CT molecular complexity index is 959. The fraction of sp³-hybridized carbons (Fsp3) is 0.556. The Morgan fingerprint density at radius 3 is 2.55 bits per heavy atom. The number of carbonyl (C=O) groups is 4. The molecule has 166 valence electrons. The molecule has 3 aliphatic heterocycles. The molecule has 0 radical (unpaired) electrons. The topological polar surface area (TPSA) is 151 Å². The fourth-order valence-electron chi connectivity index (χ4n) is 3.82. The normalized spacial score (nSPS) is 28.5. The van der Waals surface area contributed by atoms with Gasteiger partial charge in [0.1, 0.15) is 18.5 Å². The Labute approximate surface area is 176 Å². The second-order valence-electron chi connectivity index (χ2n) is 7.17. The summed E-state index contributed by atoms with van der Waals surface area (Å²) in [6, 6.07) is 0. The zero-order valence-electron chi connectivity index (χ0n) is 17.0. The third kappa shape index (κ3) is 3.83. The number of carbonyl (C=O) groups excluding carboxylic acids is 4. The van der Waals surface area contributed by atoms with E-state index in [9.17, 15) is 19.2 Å². The van der Waals surface area contributed by atoms with E-state index >= 15 is 0 Å². The highest BCUT2D eigenvalue weighted by molar-refractivity contribution is 6.00. The summed E-state index contributed by atoms with van der Waals surface area (Å²) in [7, 11) is 0. The summed E-state index contributed by atoms with van der Waals surface area (Å²) in [5.74, 6) is -1.80. The molecule has 0 aromatic carbocycles. The van der Waals surface area contributed by atoms with Crippen LogP contribution in [0.2, 0.25) is 0 Å². The minimum atomic E-state index is -1.08. The Hall–Kier alpha value is -3.48. The number of nitrogens with one attached hydrogen (secondary N) is 1. The van der Waals surface area contributed by atoms with Gasteiger partial charge in [0.2, 0.25) is 0 Å². The number of esters is 3. The van der Waals surface area contributed by atoms with Gasteiger partial charge >= 0.3 is 17.9 Å². The smallest absolute Gasteiger partial charge is 0.303 e. The van der Waals surface area contributed by atoms with Crippen LogP contribution in [0, 0.1) is 0 Å². The molecule has 3 aliphatic rings. The highest BCUT2D eigenvalue weighted by Crippen LogP contribution is 2.39. The summed E-state index contributed by atoms with van der Waals surface area (Å²) >= 11 is 0. The zero-order valence-corrected chi connectivity index (χ0v) is 17.0. The first-order valence-corrected chi connectivity index (χ1v) is 9.55. The van der Waals surface area contributed by atoms with E-state index < -0.39 is 54.6 Å². The maximum Gasteiger partial charge on any atom is 0.303 e. The summed E-state index contributed by atoms with van der Waals surface area (Å²) in [4.78, 5) is 57.4. The molecule has 1 N–H and O–H groups in total. The first-order chi connectivity index (χ1) is 14.8. The van der Waals surface area contributed by atoms with Crippen molar-refractivity contribution in [3.63, 3.8) is 0 Å². The van der Waals surface area contributed by atoms with Gasteiger partial charge in [-0.15, -0.1) is 0 Å². The maximum atomic E-state index is 12.4. The molecule has 1 fully saturated rings. The minimum Gasteiger partial charge on any atom is -0.463 e. The number of nitrogens with zero attached hydrogens (tertiary/aromatic N) is 4. The predicted octanol–water partition coefficient (Wildman–Crippen LogP) is -0.875. The van der Waals surface area contributed by atoms with Crippen molar-refractivity contribution in [3.05, 3.63) is 12.0 Å². The van der Waals surface area contributed by atoms with Gasteiger partial charge in [-0.25, -0.2) is 4.98 Å². The number of aliphatic imine (C=N–C) groups is 1. The van der Waals surface area contributed by atoms with Crippen LogP contribution in [0.4, 0.5) is 5.82 Å². The van der Waals surface area contributed by atoms with Gasteiger partial charge in [0.25, 0.3) is 5.91 Å². The third-order valence-electron chi connectivity index (χ3n) is 4.95. The number of fused-ring (bicyclic) bond motifs is 3. The first kappa shape index (κ1) is 20.8. The third-order valence-corrected chi connectivity index (χ3v) is 4.95. The lowest BCUT2D eigenvalue weighted by molar-refractivity contribution is -0.166. The van der Waals surface area contributed by atoms with Crippen LogP contribution in [0.25, 0.3) is 0 Å². The fourth-order valence-corrected chi connectivity index (χ4v) is 3.82. The van der Waals surface area contributed by atoms with Crippen LogP contribution in [-0.2, 0) is 33.3 Å². The van der Waals surface area contributed by atoms with Crippen molar-refractivity contribution >= 4 is 35.8 Å².